The van der Waals surface area contributed by atoms with Crippen LogP contribution in [0.5, 0.6) is 0 Å². The van der Waals surface area contributed by atoms with Gasteiger partial charge in [0.1, 0.15) is 0 Å². The van der Waals surface area contributed by atoms with Crippen molar-refractivity contribution < 1.29 is 0 Å². The van der Waals surface area contributed by atoms with E-state index in [1.807, 2.05) is 0 Å². The lowest BCUT2D eigenvalue weighted by molar-refractivity contribution is 0.350. The molecule has 0 bridgehead atoms. The van der Waals surface area contributed by atoms with E-state index in [4.69, 9.17) is 0 Å². The molecule has 0 aromatic heterocycles. The molecule has 0 aromatic rings. The predicted octanol–water partition coefficient (Wildman–Crippen LogP) is 1.74. The molecule has 1 rings (SSSR count). The van der Waals surface area contributed by atoms with E-state index in [-0.39, 0.29) is 0 Å². The lowest BCUT2D eigenvalue weighted by Crippen LogP contribution is -2.18. The third-order valence-electron chi connectivity index (χ3n) is 1.28. The maximum absolute atomic E-state index is 3.31. The molecule has 0 aliphatic heterocycles. The SMILES string of the molecule is CC1[C]C(C)C1. The molecule has 0 nitrogen and oxygen atoms in total. The van der Waals surface area contributed by atoms with Gasteiger partial charge in [-0.1, -0.05) is 13.8 Å². The van der Waals surface area contributed by atoms with Gasteiger partial charge in [0.05, 0.1) is 0 Å². The summed E-state index contributed by atoms with van der Waals surface area (Å²) >= 11 is 0. The molecule has 0 N–H and O–H groups in total. The highest BCUT2D eigenvalue weighted by molar-refractivity contribution is 4.90. The summed E-state index contributed by atoms with van der Waals surface area (Å²) in [6.45, 7) is 4.42. The lowest BCUT2D eigenvalue weighted by atomic mass is 9.78. The van der Waals surface area contributed by atoms with Gasteiger partial charge in [0.25, 0.3) is 0 Å². The van der Waals surface area contributed by atoms with Crippen molar-refractivity contribution in [3.63, 3.8) is 0 Å². The van der Waals surface area contributed by atoms with Crippen molar-refractivity contribution in [2.75, 3.05) is 0 Å². The van der Waals surface area contributed by atoms with Crippen LogP contribution in [0.1, 0.15) is 20.3 Å². The van der Waals surface area contributed by atoms with Crippen molar-refractivity contribution in [2.24, 2.45) is 11.8 Å². The number of hydrogen-bond donors (Lipinski definition) is 0. The van der Waals surface area contributed by atoms with Crippen molar-refractivity contribution in [1.29, 1.82) is 0 Å². The van der Waals surface area contributed by atoms with E-state index in [1.165, 1.54) is 6.42 Å². The maximum atomic E-state index is 3.31. The molecule has 34 valence electrons. The zero-order chi connectivity index (χ0) is 4.57. The summed E-state index contributed by atoms with van der Waals surface area (Å²) in [4.78, 5) is 0. The van der Waals surface area contributed by atoms with Gasteiger partial charge in [-0.15, -0.1) is 0 Å². The minimum absolute atomic E-state index is 0.792. The molecule has 0 saturated heterocycles. The van der Waals surface area contributed by atoms with Crippen LogP contribution in [-0.2, 0) is 0 Å². The average Bonchev–Trinajstić information content (AvgIpc) is 1.33. The highest BCUT2D eigenvalue weighted by Gasteiger charge is 2.20. The average molecular weight is 82.1 g/mol. The molecule has 0 spiro atoms. The molecule has 2 atom stereocenters. The van der Waals surface area contributed by atoms with Gasteiger partial charge < -0.3 is 0 Å². The van der Waals surface area contributed by atoms with Crippen LogP contribution in [0.4, 0.5) is 0 Å². The topological polar surface area (TPSA) is 0 Å². The summed E-state index contributed by atoms with van der Waals surface area (Å²) in [6.07, 6.45) is 4.67. The van der Waals surface area contributed by atoms with Crippen LogP contribution >= 0.6 is 0 Å². The number of rotatable bonds is 0. The van der Waals surface area contributed by atoms with E-state index >= 15 is 0 Å². The maximum Gasteiger partial charge on any atom is -0.0111 e. The van der Waals surface area contributed by atoms with Crippen LogP contribution in [0.25, 0.3) is 0 Å². The third kappa shape index (κ3) is 0.562. The second-order valence-corrected chi connectivity index (χ2v) is 2.20. The van der Waals surface area contributed by atoms with Crippen LogP contribution in [0.15, 0.2) is 0 Å². The van der Waals surface area contributed by atoms with Gasteiger partial charge in [-0.25, -0.2) is 0 Å². The summed E-state index contributed by atoms with van der Waals surface area (Å²) < 4.78 is 0. The van der Waals surface area contributed by atoms with Crippen LogP contribution < -0.4 is 0 Å². The Kier molecular flexibility index (Phi) is 0.868. The Hall–Kier alpha value is 0. The Morgan fingerprint density at radius 3 is 1.67 bits per heavy atom. The van der Waals surface area contributed by atoms with Gasteiger partial charge in [0, 0.05) is 0 Å². The monoisotopic (exact) mass is 82.1 g/mol. The Morgan fingerprint density at radius 2 is 1.67 bits per heavy atom. The van der Waals surface area contributed by atoms with Crippen molar-refractivity contribution in [3.8, 4) is 0 Å². The molecule has 6 heavy (non-hydrogen) atoms. The normalized spacial score (nSPS) is 45.0. The second-order valence-electron chi connectivity index (χ2n) is 2.20. The van der Waals surface area contributed by atoms with Gasteiger partial charge in [-0.05, 0) is 24.7 Å². The number of hydrogen-bond acceptors (Lipinski definition) is 0. The fourth-order valence-electron chi connectivity index (χ4n) is 0.992. The van der Waals surface area contributed by atoms with Crippen LogP contribution in [0, 0.1) is 18.3 Å². The molecular weight excluding hydrogens is 72.1 g/mol. The Bertz CT molecular complexity index is 36.0. The summed E-state index contributed by atoms with van der Waals surface area (Å²) in [5, 5.41) is 0. The predicted molar refractivity (Wildman–Crippen MR) is 26.2 cm³/mol. The van der Waals surface area contributed by atoms with Gasteiger partial charge in [-0.3, -0.25) is 0 Å². The molecule has 0 heterocycles. The molecule has 0 heteroatoms. The van der Waals surface area contributed by atoms with Crippen LogP contribution in [0.3, 0.4) is 0 Å². The van der Waals surface area contributed by atoms with Crippen molar-refractivity contribution in [3.05, 3.63) is 6.42 Å². The van der Waals surface area contributed by atoms with Gasteiger partial charge in [-0.2, -0.15) is 0 Å². The Morgan fingerprint density at radius 1 is 1.33 bits per heavy atom. The summed E-state index contributed by atoms with van der Waals surface area (Å²) in [5.41, 5.74) is 0. The summed E-state index contributed by atoms with van der Waals surface area (Å²) in [7, 11) is 0. The first-order chi connectivity index (χ1) is 2.79. The molecule has 0 aromatic carbocycles. The largest absolute Gasteiger partial charge is 0.0619 e. The minimum Gasteiger partial charge on any atom is -0.0619 e. The molecule has 1 fully saturated rings. The smallest absolute Gasteiger partial charge is 0.0111 e. The zero-order valence-corrected chi connectivity index (χ0v) is 4.36. The van der Waals surface area contributed by atoms with E-state index in [2.05, 4.69) is 20.3 Å². The summed E-state index contributed by atoms with van der Waals surface area (Å²) in [6, 6.07) is 0. The standard InChI is InChI=1S/C6H10/c1-5-3-6(2)4-5/h5-6H,3H2,1-2H3. The fourth-order valence-corrected chi connectivity index (χ4v) is 0.992. The molecule has 2 radical (unpaired) electrons. The van der Waals surface area contributed by atoms with E-state index < -0.39 is 0 Å². The van der Waals surface area contributed by atoms with Crippen LogP contribution in [0.2, 0.25) is 0 Å². The third-order valence-corrected chi connectivity index (χ3v) is 1.28. The second kappa shape index (κ2) is 1.25. The molecule has 0 amide bonds. The quantitative estimate of drug-likeness (QED) is 0.417. The highest BCUT2D eigenvalue weighted by Crippen LogP contribution is 2.30. The first kappa shape index (κ1) is 4.17. The van der Waals surface area contributed by atoms with Crippen molar-refractivity contribution in [2.45, 2.75) is 20.3 Å². The summed E-state index contributed by atoms with van der Waals surface area (Å²) in [5.74, 6) is 1.58. The Balaban J connectivity index is 2.11. The van der Waals surface area contributed by atoms with E-state index in [9.17, 15) is 0 Å². The highest BCUT2D eigenvalue weighted by atomic mass is 14.2. The van der Waals surface area contributed by atoms with Crippen molar-refractivity contribution >= 4 is 0 Å². The van der Waals surface area contributed by atoms with Gasteiger partial charge >= 0.3 is 0 Å². The molecular formula is C6H10. The van der Waals surface area contributed by atoms with E-state index in [0.717, 1.165) is 11.8 Å². The van der Waals surface area contributed by atoms with Crippen LogP contribution in [-0.4, -0.2) is 0 Å². The molecule has 1 aliphatic rings. The molecule has 1 aliphatic carbocycles. The molecule has 1 saturated carbocycles. The van der Waals surface area contributed by atoms with Gasteiger partial charge in [0.2, 0.25) is 0 Å². The van der Waals surface area contributed by atoms with Gasteiger partial charge in [0.15, 0.2) is 0 Å². The van der Waals surface area contributed by atoms with Crippen molar-refractivity contribution in [1.82, 2.24) is 0 Å². The molecule has 2 unspecified atom stereocenters. The van der Waals surface area contributed by atoms with E-state index in [0.29, 0.717) is 0 Å². The minimum atomic E-state index is 0.792. The van der Waals surface area contributed by atoms with E-state index in [1.54, 1.807) is 0 Å². The lowest BCUT2D eigenvalue weighted by Gasteiger charge is -2.27. The fraction of sp³-hybridized carbons (Fsp3) is 0.833. The first-order valence-electron chi connectivity index (χ1n) is 2.55. The Labute approximate surface area is 39.6 Å². The first-order valence-corrected chi connectivity index (χ1v) is 2.55. The zero-order valence-electron chi connectivity index (χ0n) is 4.36.